The number of nitrogens with one attached hydrogen (secondary N) is 2. The van der Waals surface area contributed by atoms with Crippen molar-refractivity contribution in [2.45, 2.75) is 13.3 Å². The minimum absolute atomic E-state index is 0.105. The molecule has 0 aliphatic heterocycles. The molecule has 0 radical (unpaired) electrons. The lowest BCUT2D eigenvalue weighted by Crippen LogP contribution is -2.43. The Morgan fingerprint density at radius 2 is 1.96 bits per heavy atom. The predicted molar refractivity (Wildman–Crippen MR) is 91.4 cm³/mol. The summed E-state index contributed by atoms with van der Waals surface area (Å²) in [6.07, 6.45) is 1.89. The van der Waals surface area contributed by atoms with Crippen LogP contribution in [-0.4, -0.2) is 52.4 Å². The molecule has 8 nitrogen and oxygen atoms in total. The summed E-state index contributed by atoms with van der Waals surface area (Å²) in [5, 5.41) is 11.6. The average Bonchev–Trinajstić information content (AvgIpc) is 2.59. The number of hydrogen-bond donors (Lipinski definition) is 3. The van der Waals surface area contributed by atoms with Crippen LogP contribution in [0.15, 0.2) is 35.3 Å². The molecular formula is C17H19N3O5. The Kier molecular flexibility index (Phi) is 5.89. The van der Waals surface area contributed by atoms with Gasteiger partial charge in [0.05, 0.1) is 6.54 Å². The van der Waals surface area contributed by atoms with Gasteiger partial charge in [-0.2, -0.15) is 0 Å². The number of aromatic amines is 1. The number of nitrogens with zero attached hydrogens (tertiary/aromatic N) is 1. The Morgan fingerprint density at radius 1 is 1.24 bits per heavy atom. The van der Waals surface area contributed by atoms with E-state index >= 15 is 0 Å². The van der Waals surface area contributed by atoms with E-state index in [2.05, 4.69) is 10.3 Å². The van der Waals surface area contributed by atoms with Crippen LogP contribution in [0, 0.1) is 0 Å². The van der Waals surface area contributed by atoms with Crippen LogP contribution in [0.4, 0.5) is 0 Å². The highest BCUT2D eigenvalue weighted by Gasteiger charge is 2.18. The van der Waals surface area contributed by atoms with Crippen molar-refractivity contribution in [3.05, 3.63) is 46.2 Å². The number of carbonyl (C=O) groups is 3. The summed E-state index contributed by atoms with van der Waals surface area (Å²) < 4.78 is 0. The molecule has 0 atom stereocenters. The van der Waals surface area contributed by atoms with E-state index in [0.29, 0.717) is 17.3 Å². The number of carboxylic acids is 1. The maximum absolute atomic E-state index is 12.3. The van der Waals surface area contributed by atoms with Crippen LogP contribution in [0.1, 0.15) is 23.7 Å². The molecule has 0 aliphatic carbocycles. The Balaban J connectivity index is 2.09. The number of aliphatic carboxylic acids is 1. The molecular weight excluding hydrogens is 326 g/mol. The fourth-order valence-electron chi connectivity index (χ4n) is 2.42. The summed E-state index contributed by atoms with van der Waals surface area (Å²) in [6.45, 7) is 1.28. The second kappa shape index (κ2) is 8.09. The fraction of sp³-hybridized carbons (Fsp3) is 0.294. The Morgan fingerprint density at radius 3 is 2.64 bits per heavy atom. The van der Waals surface area contributed by atoms with E-state index in [-0.39, 0.29) is 18.7 Å². The third-order valence-electron chi connectivity index (χ3n) is 3.61. The van der Waals surface area contributed by atoms with Crippen molar-refractivity contribution in [2.75, 3.05) is 19.6 Å². The predicted octanol–water partition coefficient (Wildman–Crippen LogP) is 0.581. The smallest absolute Gasteiger partial charge is 0.323 e. The maximum atomic E-state index is 12.3. The van der Waals surface area contributed by atoms with Gasteiger partial charge in [0.2, 0.25) is 11.3 Å². The van der Waals surface area contributed by atoms with Crippen molar-refractivity contribution >= 4 is 28.7 Å². The normalized spacial score (nSPS) is 10.4. The standard InChI is InChI=1S/C17H19N3O5/c1-2-7-20(10-15(22)23)14(21)9-19-17(25)12-8-18-13-6-4-3-5-11(13)16(12)24/h3-6,8H,2,7,9-10H2,1H3,(H,18,24)(H,19,25)(H,22,23). The highest BCUT2D eigenvalue weighted by molar-refractivity contribution is 5.98. The van der Waals surface area contributed by atoms with Crippen LogP contribution in [0.2, 0.25) is 0 Å². The Labute approximate surface area is 143 Å². The van der Waals surface area contributed by atoms with Gasteiger partial charge in [0.1, 0.15) is 12.1 Å². The first-order valence-electron chi connectivity index (χ1n) is 7.82. The first kappa shape index (κ1) is 18.2. The summed E-state index contributed by atoms with van der Waals surface area (Å²) in [7, 11) is 0. The number of H-pyrrole nitrogens is 1. The molecule has 8 heteroatoms. The zero-order chi connectivity index (χ0) is 18.4. The second-order valence-corrected chi connectivity index (χ2v) is 5.47. The minimum Gasteiger partial charge on any atom is -0.480 e. The number of fused-ring (bicyclic) bond motifs is 1. The zero-order valence-electron chi connectivity index (χ0n) is 13.7. The molecule has 3 N–H and O–H groups in total. The molecule has 132 valence electrons. The van der Waals surface area contributed by atoms with Gasteiger partial charge in [-0.3, -0.25) is 19.2 Å². The number of hydrogen-bond acceptors (Lipinski definition) is 4. The van der Waals surface area contributed by atoms with Gasteiger partial charge in [-0.15, -0.1) is 0 Å². The summed E-state index contributed by atoms with van der Waals surface area (Å²) >= 11 is 0. The first-order chi connectivity index (χ1) is 11.9. The minimum atomic E-state index is -1.13. The molecule has 2 amide bonds. The molecule has 2 aromatic rings. The molecule has 0 saturated heterocycles. The number of pyridine rings is 1. The lowest BCUT2D eigenvalue weighted by molar-refractivity contribution is -0.144. The quantitative estimate of drug-likeness (QED) is 0.678. The molecule has 1 aromatic heterocycles. The third kappa shape index (κ3) is 4.43. The number of rotatable bonds is 7. The number of amides is 2. The number of carboxylic acid groups (broad SMARTS) is 1. The fourth-order valence-corrected chi connectivity index (χ4v) is 2.42. The molecule has 0 unspecified atom stereocenters. The second-order valence-electron chi connectivity index (χ2n) is 5.47. The topological polar surface area (TPSA) is 120 Å². The van der Waals surface area contributed by atoms with E-state index in [4.69, 9.17) is 5.11 Å². The number of aromatic nitrogens is 1. The van der Waals surface area contributed by atoms with Gasteiger partial charge in [0.15, 0.2) is 0 Å². The van der Waals surface area contributed by atoms with Gasteiger partial charge >= 0.3 is 5.97 Å². The number of para-hydroxylation sites is 1. The molecule has 1 heterocycles. The van der Waals surface area contributed by atoms with Crippen LogP contribution in [0.25, 0.3) is 10.9 Å². The molecule has 2 rings (SSSR count). The lowest BCUT2D eigenvalue weighted by Gasteiger charge is -2.20. The SMILES string of the molecule is CCCN(CC(=O)O)C(=O)CNC(=O)c1c[nH]c2ccccc2c1=O. The van der Waals surface area contributed by atoms with Gasteiger partial charge in [-0.1, -0.05) is 19.1 Å². The van der Waals surface area contributed by atoms with Gasteiger partial charge in [0, 0.05) is 23.6 Å². The number of carbonyl (C=O) groups excluding carboxylic acids is 2. The highest BCUT2D eigenvalue weighted by Crippen LogP contribution is 2.06. The van der Waals surface area contributed by atoms with E-state index < -0.39 is 29.8 Å². The molecule has 0 aliphatic rings. The summed E-state index contributed by atoms with van der Waals surface area (Å²) in [5.74, 6) is -2.33. The molecule has 0 saturated carbocycles. The van der Waals surface area contributed by atoms with Crippen molar-refractivity contribution < 1.29 is 19.5 Å². The highest BCUT2D eigenvalue weighted by atomic mass is 16.4. The summed E-state index contributed by atoms with van der Waals surface area (Å²) in [6, 6.07) is 6.78. The zero-order valence-corrected chi connectivity index (χ0v) is 13.7. The van der Waals surface area contributed by atoms with Crippen LogP contribution in [-0.2, 0) is 9.59 Å². The van der Waals surface area contributed by atoms with Crippen molar-refractivity contribution in [3.8, 4) is 0 Å². The Hall–Kier alpha value is -3.16. The van der Waals surface area contributed by atoms with Crippen molar-refractivity contribution in [2.24, 2.45) is 0 Å². The van der Waals surface area contributed by atoms with E-state index in [1.165, 1.54) is 6.20 Å². The first-order valence-corrected chi connectivity index (χ1v) is 7.82. The summed E-state index contributed by atoms with van der Waals surface area (Å²) in [5.41, 5.74) is 0.0673. The molecule has 0 bridgehead atoms. The van der Waals surface area contributed by atoms with Gasteiger partial charge in [-0.25, -0.2) is 0 Å². The van der Waals surface area contributed by atoms with Crippen molar-refractivity contribution in [1.82, 2.24) is 15.2 Å². The lowest BCUT2D eigenvalue weighted by atomic mass is 10.1. The third-order valence-corrected chi connectivity index (χ3v) is 3.61. The van der Waals surface area contributed by atoms with Crippen molar-refractivity contribution in [3.63, 3.8) is 0 Å². The molecule has 25 heavy (non-hydrogen) atoms. The molecule has 0 spiro atoms. The van der Waals surface area contributed by atoms with E-state index in [9.17, 15) is 19.2 Å². The van der Waals surface area contributed by atoms with Crippen LogP contribution in [0.5, 0.6) is 0 Å². The largest absolute Gasteiger partial charge is 0.480 e. The summed E-state index contributed by atoms with van der Waals surface area (Å²) in [4.78, 5) is 51.4. The van der Waals surface area contributed by atoms with E-state index in [1.54, 1.807) is 24.3 Å². The van der Waals surface area contributed by atoms with E-state index in [0.717, 1.165) is 4.90 Å². The molecule has 1 aromatic carbocycles. The number of benzene rings is 1. The maximum Gasteiger partial charge on any atom is 0.323 e. The van der Waals surface area contributed by atoms with Crippen molar-refractivity contribution in [1.29, 1.82) is 0 Å². The Bertz CT molecular complexity index is 859. The molecule has 0 fully saturated rings. The van der Waals surface area contributed by atoms with E-state index in [1.807, 2.05) is 6.92 Å². The van der Waals surface area contributed by atoms with Gasteiger partial charge < -0.3 is 20.3 Å². The van der Waals surface area contributed by atoms with Gasteiger partial charge in [-0.05, 0) is 18.6 Å². The van der Waals surface area contributed by atoms with Crippen LogP contribution >= 0.6 is 0 Å². The van der Waals surface area contributed by atoms with Crippen LogP contribution in [0.3, 0.4) is 0 Å². The monoisotopic (exact) mass is 345 g/mol. The van der Waals surface area contributed by atoms with Gasteiger partial charge in [0.25, 0.3) is 5.91 Å². The van der Waals surface area contributed by atoms with Crippen LogP contribution < -0.4 is 10.7 Å². The average molecular weight is 345 g/mol.